The van der Waals surface area contributed by atoms with Gasteiger partial charge in [0.2, 0.25) is 0 Å². The molecule has 1 saturated carbocycles. The molecule has 1 aliphatic heterocycles. The van der Waals surface area contributed by atoms with Crippen molar-refractivity contribution in [3.63, 3.8) is 0 Å². The molecule has 2 rings (SSSR count). The molecule has 0 aromatic rings. The van der Waals surface area contributed by atoms with E-state index in [9.17, 15) is 24.0 Å². The number of carbonyl (C=O) groups is 5. The van der Waals surface area contributed by atoms with E-state index < -0.39 is 18.1 Å². The second-order valence-electron chi connectivity index (χ2n) is 5.83. The zero-order chi connectivity index (χ0) is 17.5. The SMILES string of the molecule is O=CCC[C](=O)[Ir][O]C(=O)C1CCC(CN2C(=O)C=CC2=O)CC1. The fourth-order valence-electron chi connectivity index (χ4n) is 2.78. The molecule has 2 aliphatic rings. The van der Waals surface area contributed by atoms with Crippen LogP contribution in [0.5, 0.6) is 0 Å². The molecule has 1 fully saturated rings. The fourth-order valence-corrected chi connectivity index (χ4v) is 4.28. The number of hydrogen-bond acceptors (Lipinski definition) is 6. The summed E-state index contributed by atoms with van der Waals surface area (Å²) in [6.45, 7) is 0.393. The van der Waals surface area contributed by atoms with Gasteiger partial charge in [-0.25, -0.2) is 0 Å². The predicted octanol–water partition coefficient (Wildman–Crippen LogP) is 0.764. The normalized spacial score (nSPS) is 23.6. The van der Waals surface area contributed by atoms with Crippen LogP contribution in [0.4, 0.5) is 0 Å². The van der Waals surface area contributed by atoms with Gasteiger partial charge in [-0.1, -0.05) is 0 Å². The van der Waals surface area contributed by atoms with Crippen LogP contribution in [-0.2, 0) is 45.5 Å². The average molecular weight is 514 g/mol. The van der Waals surface area contributed by atoms with Gasteiger partial charge in [0.15, 0.2) is 0 Å². The van der Waals surface area contributed by atoms with Gasteiger partial charge in [-0.05, 0) is 0 Å². The Balaban J connectivity index is 1.69. The van der Waals surface area contributed by atoms with Gasteiger partial charge in [-0.3, -0.25) is 0 Å². The summed E-state index contributed by atoms with van der Waals surface area (Å²) in [5.74, 6) is -0.900. The van der Waals surface area contributed by atoms with E-state index in [2.05, 4.69) is 0 Å². The number of amides is 2. The van der Waals surface area contributed by atoms with Crippen LogP contribution in [0, 0.1) is 11.8 Å². The topological polar surface area (TPSA) is 97.8 Å². The molecule has 0 aromatic carbocycles. The van der Waals surface area contributed by atoms with E-state index in [4.69, 9.17) is 3.50 Å². The molecule has 0 aromatic heterocycles. The third-order valence-corrected chi connectivity index (χ3v) is 6.02. The first-order valence-electron chi connectivity index (χ1n) is 7.82. The summed E-state index contributed by atoms with van der Waals surface area (Å²) in [5.41, 5.74) is 0. The van der Waals surface area contributed by atoms with Gasteiger partial charge < -0.3 is 0 Å². The minimum atomic E-state index is -1.45. The van der Waals surface area contributed by atoms with Crippen molar-refractivity contribution in [2.24, 2.45) is 11.8 Å². The van der Waals surface area contributed by atoms with Crippen LogP contribution in [0.3, 0.4) is 0 Å². The molecule has 8 heteroatoms. The molecular formula is C16H19IrNO6. The zero-order valence-corrected chi connectivity index (χ0v) is 15.5. The van der Waals surface area contributed by atoms with E-state index in [0.29, 0.717) is 25.7 Å². The monoisotopic (exact) mass is 514 g/mol. The van der Waals surface area contributed by atoms with Crippen molar-refractivity contribution in [3.05, 3.63) is 12.2 Å². The Bertz CT molecular complexity index is 547. The molecule has 7 nitrogen and oxygen atoms in total. The number of rotatable bonds is 8. The third-order valence-electron chi connectivity index (χ3n) is 4.15. The molecule has 0 atom stereocenters. The van der Waals surface area contributed by atoms with Crippen molar-refractivity contribution < 1.29 is 45.5 Å². The van der Waals surface area contributed by atoms with Gasteiger partial charge in [0.25, 0.3) is 0 Å². The molecule has 0 unspecified atom stereocenters. The Morgan fingerprint density at radius 1 is 1.17 bits per heavy atom. The number of carbonyl (C=O) groups excluding carboxylic acids is 5. The van der Waals surface area contributed by atoms with Gasteiger partial charge in [-0.2, -0.15) is 0 Å². The van der Waals surface area contributed by atoms with E-state index in [1.807, 2.05) is 0 Å². The van der Waals surface area contributed by atoms with E-state index in [0.717, 1.165) is 12.8 Å². The van der Waals surface area contributed by atoms with E-state index in [1.165, 1.54) is 17.1 Å². The van der Waals surface area contributed by atoms with E-state index in [1.54, 1.807) is 0 Å². The van der Waals surface area contributed by atoms with Gasteiger partial charge in [-0.15, -0.1) is 0 Å². The Kier molecular flexibility index (Phi) is 6.99. The molecular weight excluding hydrogens is 494 g/mol. The summed E-state index contributed by atoms with van der Waals surface area (Å²) in [7, 11) is 0. The average Bonchev–Trinajstić information content (AvgIpc) is 2.90. The summed E-state index contributed by atoms with van der Waals surface area (Å²) in [6, 6.07) is 0. The van der Waals surface area contributed by atoms with Crippen LogP contribution < -0.4 is 0 Å². The van der Waals surface area contributed by atoms with Gasteiger partial charge in [0.05, 0.1) is 0 Å². The molecule has 0 N–H and O–H groups in total. The maximum absolute atomic E-state index is 12.0. The molecule has 1 heterocycles. The summed E-state index contributed by atoms with van der Waals surface area (Å²) < 4.78 is 5.00. The standard InChI is InChI=1S/C12H15NO4.C4H5O2.Ir/c14-10-5-6-11(15)13(10)7-8-1-3-9(4-2-8)12(16)17;5-3-1-2-4-6;/h5-6,8-9H,1-4,7H2,(H,16,17);3H,1-2H2;/q;;+1/p-1. The van der Waals surface area contributed by atoms with Crippen LogP contribution in [0.1, 0.15) is 38.5 Å². The van der Waals surface area contributed by atoms with E-state index in [-0.39, 0.29) is 46.8 Å². The van der Waals surface area contributed by atoms with Crippen molar-refractivity contribution in [2.45, 2.75) is 38.5 Å². The van der Waals surface area contributed by atoms with Crippen LogP contribution >= 0.6 is 0 Å². The summed E-state index contributed by atoms with van der Waals surface area (Å²) in [6.07, 6.45) is 6.32. The molecule has 0 saturated heterocycles. The first kappa shape index (κ1) is 18.7. The van der Waals surface area contributed by atoms with Crippen LogP contribution in [0.2, 0.25) is 0 Å². The molecule has 24 heavy (non-hydrogen) atoms. The predicted molar refractivity (Wildman–Crippen MR) is 77.7 cm³/mol. The number of nitrogens with zero attached hydrogens (tertiary/aromatic N) is 1. The Morgan fingerprint density at radius 2 is 1.79 bits per heavy atom. The second-order valence-corrected chi connectivity index (χ2v) is 8.14. The van der Waals surface area contributed by atoms with Crippen molar-refractivity contribution in [2.75, 3.05) is 6.54 Å². The fraction of sp³-hybridized carbons (Fsp3) is 0.562. The first-order chi connectivity index (χ1) is 11.5. The minimum absolute atomic E-state index is 0.136. The van der Waals surface area contributed by atoms with Crippen molar-refractivity contribution in [1.82, 2.24) is 4.90 Å². The zero-order valence-electron chi connectivity index (χ0n) is 13.1. The molecule has 133 valence electrons. The number of aldehydes is 1. The first-order valence-corrected chi connectivity index (χ1v) is 10.0. The van der Waals surface area contributed by atoms with Crippen LogP contribution in [-0.4, -0.2) is 39.8 Å². The summed E-state index contributed by atoms with van der Waals surface area (Å²) in [4.78, 5) is 58.0. The van der Waals surface area contributed by atoms with Gasteiger partial charge in [0.1, 0.15) is 0 Å². The van der Waals surface area contributed by atoms with Gasteiger partial charge >= 0.3 is 148 Å². The number of hydrogen-bond donors (Lipinski definition) is 0. The van der Waals surface area contributed by atoms with E-state index >= 15 is 0 Å². The molecule has 0 spiro atoms. The van der Waals surface area contributed by atoms with Crippen molar-refractivity contribution >= 4 is 28.4 Å². The molecule has 0 bridgehead atoms. The molecule has 0 radical (unpaired) electrons. The Labute approximate surface area is 148 Å². The Morgan fingerprint density at radius 3 is 2.38 bits per heavy atom. The molecule has 2 amide bonds. The van der Waals surface area contributed by atoms with Crippen molar-refractivity contribution in [1.29, 1.82) is 0 Å². The Hall–Kier alpha value is -1.66. The summed E-state index contributed by atoms with van der Waals surface area (Å²) in [5, 5.41) is 0. The third kappa shape index (κ3) is 5.18. The molecule has 1 aliphatic carbocycles. The second kappa shape index (κ2) is 8.99. The quantitative estimate of drug-likeness (QED) is 0.351. The van der Waals surface area contributed by atoms with Gasteiger partial charge in [0, 0.05) is 0 Å². The summed E-state index contributed by atoms with van der Waals surface area (Å²) >= 11 is -1.45. The van der Waals surface area contributed by atoms with Crippen LogP contribution in [0.15, 0.2) is 12.2 Å². The number of imide groups is 1. The van der Waals surface area contributed by atoms with Crippen molar-refractivity contribution in [3.8, 4) is 0 Å². The van der Waals surface area contributed by atoms with Crippen LogP contribution in [0.25, 0.3) is 0 Å². The maximum atomic E-state index is 12.0.